The van der Waals surface area contributed by atoms with E-state index in [-0.39, 0.29) is 0 Å². The summed E-state index contributed by atoms with van der Waals surface area (Å²) in [6.45, 7) is 7.90. The first-order chi connectivity index (χ1) is 10.8. The third-order valence-corrected chi connectivity index (χ3v) is 3.70. The van der Waals surface area contributed by atoms with E-state index in [1.165, 1.54) is 5.56 Å². The van der Waals surface area contributed by atoms with E-state index in [0.717, 1.165) is 49.9 Å². The number of fused-ring (bicyclic) bond motifs is 1. The van der Waals surface area contributed by atoms with Gasteiger partial charge < -0.3 is 9.47 Å². The molecule has 0 saturated carbocycles. The smallest absolute Gasteiger partial charge is 0.231 e. The summed E-state index contributed by atoms with van der Waals surface area (Å²) in [5.74, 6) is 2.55. The van der Waals surface area contributed by atoms with Crippen molar-refractivity contribution in [2.45, 2.75) is 39.9 Å². The molecule has 0 aliphatic carbocycles. The standard InChI is InChI=1S/C15H21N5O2/c1-3-7-20-15(16-17-18-20)10-19(4-2)9-12-5-6-13-14(8-12)22-11-21-13/h5-6,8H,3-4,7,9-11H2,1-2H3. The quantitative estimate of drug-likeness (QED) is 0.777. The lowest BCUT2D eigenvalue weighted by atomic mass is 10.2. The molecule has 0 N–H and O–H groups in total. The molecule has 0 fully saturated rings. The second-order valence-corrected chi connectivity index (χ2v) is 5.31. The molecule has 0 atom stereocenters. The lowest BCUT2D eigenvalue weighted by Gasteiger charge is -2.20. The lowest BCUT2D eigenvalue weighted by Crippen LogP contribution is -2.24. The van der Waals surface area contributed by atoms with E-state index < -0.39 is 0 Å². The number of aromatic nitrogens is 4. The van der Waals surface area contributed by atoms with Gasteiger partial charge in [0.25, 0.3) is 0 Å². The fourth-order valence-corrected chi connectivity index (χ4v) is 2.50. The monoisotopic (exact) mass is 303 g/mol. The number of ether oxygens (including phenoxy) is 2. The normalized spacial score (nSPS) is 13.0. The Kier molecular flexibility index (Phi) is 4.53. The second-order valence-electron chi connectivity index (χ2n) is 5.31. The highest BCUT2D eigenvalue weighted by atomic mass is 16.7. The molecular formula is C15H21N5O2. The molecule has 1 aromatic heterocycles. The molecule has 0 bridgehead atoms. The van der Waals surface area contributed by atoms with Crippen molar-refractivity contribution in [3.63, 3.8) is 0 Å². The van der Waals surface area contributed by atoms with E-state index in [2.05, 4.69) is 40.3 Å². The molecule has 7 nitrogen and oxygen atoms in total. The SMILES string of the molecule is CCCn1nnnc1CN(CC)Cc1ccc2c(c1)OCO2. The highest BCUT2D eigenvalue weighted by molar-refractivity contribution is 5.44. The van der Waals surface area contributed by atoms with Gasteiger partial charge in [-0.15, -0.1) is 5.10 Å². The third kappa shape index (κ3) is 3.19. The van der Waals surface area contributed by atoms with Crippen molar-refractivity contribution in [3.8, 4) is 11.5 Å². The zero-order valence-electron chi connectivity index (χ0n) is 13.0. The summed E-state index contributed by atoms with van der Waals surface area (Å²) in [7, 11) is 0. The van der Waals surface area contributed by atoms with Crippen LogP contribution in [0.2, 0.25) is 0 Å². The zero-order valence-corrected chi connectivity index (χ0v) is 13.0. The van der Waals surface area contributed by atoms with Crippen LogP contribution in [-0.4, -0.2) is 38.4 Å². The Morgan fingerprint density at radius 3 is 2.86 bits per heavy atom. The minimum absolute atomic E-state index is 0.308. The molecule has 7 heteroatoms. The van der Waals surface area contributed by atoms with E-state index in [4.69, 9.17) is 9.47 Å². The first-order valence-corrected chi connectivity index (χ1v) is 7.66. The fraction of sp³-hybridized carbons (Fsp3) is 0.533. The van der Waals surface area contributed by atoms with Crippen LogP contribution in [0, 0.1) is 0 Å². The van der Waals surface area contributed by atoms with Crippen molar-refractivity contribution < 1.29 is 9.47 Å². The first kappa shape index (κ1) is 14.8. The molecule has 22 heavy (non-hydrogen) atoms. The molecule has 0 radical (unpaired) electrons. The van der Waals surface area contributed by atoms with E-state index >= 15 is 0 Å². The summed E-state index contributed by atoms with van der Waals surface area (Å²) in [5.41, 5.74) is 1.20. The summed E-state index contributed by atoms with van der Waals surface area (Å²) >= 11 is 0. The Bertz CT molecular complexity index is 628. The van der Waals surface area contributed by atoms with Gasteiger partial charge in [0.2, 0.25) is 6.79 Å². The van der Waals surface area contributed by atoms with E-state index in [1.807, 2.05) is 16.8 Å². The van der Waals surface area contributed by atoms with Crippen LogP contribution in [0.15, 0.2) is 18.2 Å². The van der Waals surface area contributed by atoms with Gasteiger partial charge in [0, 0.05) is 13.1 Å². The number of hydrogen-bond donors (Lipinski definition) is 0. The topological polar surface area (TPSA) is 65.3 Å². The van der Waals surface area contributed by atoms with Crippen LogP contribution in [0.5, 0.6) is 11.5 Å². The van der Waals surface area contributed by atoms with Crippen molar-refractivity contribution >= 4 is 0 Å². The molecule has 0 amide bonds. The van der Waals surface area contributed by atoms with Gasteiger partial charge in [0.1, 0.15) is 0 Å². The number of nitrogens with zero attached hydrogens (tertiary/aromatic N) is 5. The van der Waals surface area contributed by atoms with Gasteiger partial charge in [-0.1, -0.05) is 19.9 Å². The molecule has 2 aromatic rings. The molecule has 0 unspecified atom stereocenters. The predicted molar refractivity (Wildman–Crippen MR) is 80.5 cm³/mol. The number of aryl methyl sites for hydroxylation is 1. The zero-order chi connectivity index (χ0) is 15.4. The number of tetrazole rings is 1. The van der Waals surface area contributed by atoms with Crippen LogP contribution >= 0.6 is 0 Å². The van der Waals surface area contributed by atoms with Crippen molar-refractivity contribution in [3.05, 3.63) is 29.6 Å². The van der Waals surface area contributed by atoms with Crippen molar-refractivity contribution in [2.75, 3.05) is 13.3 Å². The Hall–Kier alpha value is -2.15. The Morgan fingerprint density at radius 2 is 2.05 bits per heavy atom. The maximum Gasteiger partial charge on any atom is 0.231 e. The summed E-state index contributed by atoms with van der Waals surface area (Å²) in [6, 6.07) is 6.08. The molecule has 1 aliphatic rings. The second kappa shape index (κ2) is 6.74. The van der Waals surface area contributed by atoms with Gasteiger partial charge in [-0.05, 0) is 41.1 Å². The molecule has 0 saturated heterocycles. The van der Waals surface area contributed by atoms with Crippen LogP contribution in [0.25, 0.3) is 0 Å². The highest BCUT2D eigenvalue weighted by Gasteiger charge is 2.15. The average molecular weight is 303 g/mol. The Labute approximate surface area is 129 Å². The van der Waals surface area contributed by atoms with Crippen LogP contribution in [0.1, 0.15) is 31.7 Å². The molecule has 1 aliphatic heterocycles. The predicted octanol–water partition coefficient (Wildman–Crippen LogP) is 1.83. The Morgan fingerprint density at radius 1 is 1.18 bits per heavy atom. The van der Waals surface area contributed by atoms with E-state index in [9.17, 15) is 0 Å². The van der Waals surface area contributed by atoms with Gasteiger partial charge in [0.15, 0.2) is 17.3 Å². The molecule has 0 spiro atoms. The molecule has 118 valence electrons. The van der Waals surface area contributed by atoms with Gasteiger partial charge in [-0.2, -0.15) is 0 Å². The summed E-state index contributed by atoms with van der Waals surface area (Å²) in [4.78, 5) is 2.30. The molecule has 1 aromatic carbocycles. The van der Waals surface area contributed by atoms with Gasteiger partial charge in [-0.3, -0.25) is 4.90 Å². The summed E-state index contributed by atoms with van der Waals surface area (Å²) in [5, 5.41) is 12.0. The first-order valence-electron chi connectivity index (χ1n) is 7.66. The van der Waals surface area contributed by atoms with Crippen LogP contribution < -0.4 is 9.47 Å². The van der Waals surface area contributed by atoms with Gasteiger partial charge >= 0.3 is 0 Å². The largest absolute Gasteiger partial charge is 0.454 e. The lowest BCUT2D eigenvalue weighted by molar-refractivity contribution is 0.174. The molecule has 3 rings (SSSR count). The molecular weight excluding hydrogens is 282 g/mol. The third-order valence-electron chi connectivity index (χ3n) is 3.70. The summed E-state index contributed by atoms with van der Waals surface area (Å²) in [6.07, 6.45) is 1.02. The van der Waals surface area contributed by atoms with Crippen LogP contribution in [0.4, 0.5) is 0 Å². The van der Waals surface area contributed by atoms with Crippen molar-refractivity contribution in [1.29, 1.82) is 0 Å². The maximum atomic E-state index is 5.43. The van der Waals surface area contributed by atoms with Crippen LogP contribution in [0.3, 0.4) is 0 Å². The summed E-state index contributed by atoms with van der Waals surface area (Å²) < 4.78 is 12.7. The number of rotatable bonds is 7. The Balaban J connectivity index is 1.68. The average Bonchev–Trinajstić information content (AvgIpc) is 3.16. The minimum atomic E-state index is 0.308. The molecule has 2 heterocycles. The van der Waals surface area contributed by atoms with Crippen LogP contribution in [-0.2, 0) is 19.6 Å². The van der Waals surface area contributed by atoms with E-state index in [1.54, 1.807) is 0 Å². The van der Waals surface area contributed by atoms with Crippen molar-refractivity contribution in [1.82, 2.24) is 25.1 Å². The maximum absolute atomic E-state index is 5.43. The van der Waals surface area contributed by atoms with Crippen molar-refractivity contribution in [2.24, 2.45) is 0 Å². The highest BCUT2D eigenvalue weighted by Crippen LogP contribution is 2.32. The fourth-order valence-electron chi connectivity index (χ4n) is 2.50. The minimum Gasteiger partial charge on any atom is -0.454 e. The van der Waals surface area contributed by atoms with Gasteiger partial charge in [-0.25, -0.2) is 4.68 Å². The van der Waals surface area contributed by atoms with Gasteiger partial charge in [0.05, 0.1) is 6.54 Å². The number of benzene rings is 1. The van der Waals surface area contributed by atoms with E-state index in [0.29, 0.717) is 6.79 Å². The number of hydrogen-bond acceptors (Lipinski definition) is 6.